The van der Waals surface area contributed by atoms with E-state index >= 15 is 0 Å². The Morgan fingerprint density at radius 1 is 1.23 bits per heavy atom. The van der Waals surface area contributed by atoms with Crippen molar-refractivity contribution in [1.82, 2.24) is 20.5 Å². The smallest absolute Gasteiger partial charge is 0.191 e. The molecule has 1 aromatic carbocycles. The summed E-state index contributed by atoms with van der Waals surface area (Å²) in [5, 5.41) is 10.1. The van der Waals surface area contributed by atoms with Gasteiger partial charge in [-0.1, -0.05) is 32.0 Å². The molecule has 164 valence electrons. The fraction of sp³-hybridized carbons (Fsp3) is 0.565. The van der Waals surface area contributed by atoms with E-state index in [2.05, 4.69) is 53.8 Å². The van der Waals surface area contributed by atoms with Gasteiger partial charge in [0.1, 0.15) is 10.8 Å². The molecule has 3 rings (SSSR count). The minimum absolute atomic E-state index is 0.250. The van der Waals surface area contributed by atoms with Gasteiger partial charge in [-0.05, 0) is 44.8 Å². The van der Waals surface area contributed by atoms with E-state index < -0.39 is 0 Å². The summed E-state index contributed by atoms with van der Waals surface area (Å²) >= 11 is 1.69. The molecule has 0 spiro atoms. The van der Waals surface area contributed by atoms with Crippen molar-refractivity contribution in [3.05, 3.63) is 45.9 Å². The summed E-state index contributed by atoms with van der Waals surface area (Å²) in [6, 6.07) is 8.60. The number of para-hydroxylation sites is 1. The van der Waals surface area contributed by atoms with Crippen LogP contribution in [0, 0.1) is 0 Å². The van der Waals surface area contributed by atoms with Gasteiger partial charge in [-0.2, -0.15) is 0 Å². The molecular formula is C23H35N5OS. The highest BCUT2D eigenvalue weighted by Gasteiger charge is 2.26. The number of aliphatic imine (C=N–C) groups is 1. The van der Waals surface area contributed by atoms with Gasteiger partial charge in [0, 0.05) is 24.0 Å². The van der Waals surface area contributed by atoms with Crippen molar-refractivity contribution < 1.29 is 4.74 Å². The number of nitrogens with one attached hydrogen (secondary N) is 2. The van der Waals surface area contributed by atoms with E-state index in [1.165, 1.54) is 18.4 Å². The standard InChI is InChI=1S/C23H35N5OS/c1-5-24-23(26-15-22-27-19(16-30-22)17(2)3)25-14-20(28-12-8-9-13-28)18-10-6-7-11-21(18)29-4/h6-7,10-11,16-17,20H,5,8-9,12-15H2,1-4H3,(H2,24,25,26). The Labute approximate surface area is 184 Å². The third-order valence-electron chi connectivity index (χ3n) is 5.42. The average Bonchev–Trinajstić information content (AvgIpc) is 3.45. The van der Waals surface area contributed by atoms with Crippen LogP contribution < -0.4 is 15.4 Å². The van der Waals surface area contributed by atoms with Crippen LogP contribution >= 0.6 is 11.3 Å². The van der Waals surface area contributed by atoms with Crippen molar-refractivity contribution in [2.45, 2.75) is 52.1 Å². The normalized spacial score (nSPS) is 16.1. The largest absolute Gasteiger partial charge is 0.496 e. The highest BCUT2D eigenvalue weighted by molar-refractivity contribution is 7.09. The Bertz CT molecular complexity index is 813. The van der Waals surface area contributed by atoms with Gasteiger partial charge in [0.15, 0.2) is 5.96 Å². The van der Waals surface area contributed by atoms with Crippen LogP contribution in [0.3, 0.4) is 0 Å². The summed E-state index contributed by atoms with van der Waals surface area (Å²) in [4.78, 5) is 12.0. The lowest BCUT2D eigenvalue weighted by atomic mass is 10.0. The number of hydrogen-bond acceptors (Lipinski definition) is 5. The molecule has 0 saturated carbocycles. The lowest BCUT2D eigenvalue weighted by Gasteiger charge is -2.30. The molecule has 2 aromatic rings. The van der Waals surface area contributed by atoms with Crippen LogP contribution in [0.1, 0.15) is 61.8 Å². The predicted octanol–water partition coefficient (Wildman–Crippen LogP) is 4.17. The number of likely N-dealkylation sites (tertiary alicyclic amines) is 1. The molecule has 1 aliphatic rings. The van der Waals surface area contributed by atoms with E-state index in [9.17, 15) is 0 Å². The van der Waals surface area contributed by atoms with Crippen LogP contribution in [0.2, 0.25) is 0 Å². The summed E-state index contributed by atoms with van der Waals surface area (Å²) in [6.45, 7) is 10.9. The molecule has 1 unspecified atom stereocenters. The number of benzene rings is 1. The SMILES string of the molecule is CCNC(=NCc1nc(C(C)C)cs1)NCC(c1ccccc1OC)N1CCCC1. The maximum Gasteiger partial charge on any atom is 0.191 e. The molecular weight excluding hydrogens is 394 g/mol. The van der Waals surface area contributed by atoms with Gasteiger partial charge in [-0.3, -0.25) is 4.90 Å². The highest BCUT2D eigenvalue weighted by atomic mass is 32.1. The fourth-order valence-corrected chi connectivity index (χ4v) is 4.65. The Balaban J connectivity index is 1.72. The highest BCUT2D eigenvalue weighted by Crippen LogP contribution is 2.31. The van der Waals surface area contributed by atoms with E-state index in [0.717, 1.165) is 48.6 Å². The van der Waals surface area contributed by atoms with Crippen molar-refractivity contribution in [3.63, 3.8) is 0 Å². The van der Waals surface area contributed by atoms with Crippen molar-refractivity contribution in [3.8, 4) is 5.75 Å². The molecule has 1 aromatic heterocycles. The van der Waals surface area contributed by atoms with Gasteiger partial charge >= 0.3 is 0 Å². The summed E-state index contributed by atoms with van der Waals surface area (Å²) in [5.41, 5.74) is 2.38. The number of aromatic nitrogens is 1. The summed E-state index contributed by atoms with van der Waals surface area (Å²) in [6.07, 6.45) is 2.50. The summed E-state index contributed by atoms with van der Waals surface area (Å²) in [5.74, 6) is 2.23. The van der Waals surface area contributed by atoms with Crippen LogP contribution in [-0.2, 0) is 6.54 Å². The number of methoxy groups -OCH3 is 1. The van der Waals surface area contributed by atoms with Gasteiger partial charge in [-0.15, -0.1) is 11.3 Å². The quantitative estimate of drug-likeness (QED) is 0.463. The minimum atomic E-state index is 0.250. The van der Waals surface area contributed by atoms with Gasteiger partial charge in [-0.25, -0.2) is 9.98 Å². The van der Waals surface area contributed by atoms with Gasteiger partial charge in [0.05, 0.1) is 25.4 Å². The number of rotatable bonds is 9. The molecule has 2 N–H and O–H groups in total. The van der Waals surface area contributed by atoms with Crippen LogP contribution in [0.15, 0.2) is 34.6 Å². The predicted molar refractivity (Wildman–Crippen MR) is 126 cm³/mol. The summed E-state index contributed by atoms with van der Waals surface area (Å²) in [7, 11) is 1.75. The first kappa shape index (κ1) is 22.6. The van der Waals surface area contributed by atoms with Crippen molar-refractivity contribution >= 4 is 17.3 Å². The Morgan fingerprint density at radius 3 is 2.67 bits per heavy atom. The van der Waals surface area contributed by atoms with Crippen LogP contribution in [0.5, 0.6) is 5.75 Å². The van der Waals surface area contributed by atoms with Crippen molar-refractivity contribution in [2.75, 3.05) is 33.3 Å². The number of guanidine groups is 1. The van der Waals surface area contributed by atoms with E-state index in [0.29, 0.717) is 12.5 Å². The molecule has 1 saturated heterocycles. The molecule has 0 aliphatic carbocycles. The zero-order valence-corrected chi connectivity index (χ0v) is 19.5. The Morgan fingerprint density at radius 2 is 2.00 bits per heavy atom. The van der Waals surface area contributed by atoms with E-state index in [-0.39, 0.29) is 6.04 Å². The number of nitrogens with zero attached hydrogens (tertiary/aromatic N) is 3. The van der Waals surface area contributed by atoms with Gasteiger partial charge in [0.25, 0.3) is 0 Å². The minimum Gasteiger partial charge on any atom is -0.496 e. The number of hydrogen-bond donors (Lipinski definition) is 2. The molecule has 0 amide bonds. The van der Waals surface area contributed by atoms with E-state index in [1.807, 2.05) is 12.1 Å². The average molecular weight is 430 g/mol. The fourth-order valence-electron chi connectivity index (χ4n) is 3.78. The summed E-state index contributed by atoms with van der Waals surface area (Å²) < 4.78 is 5.66. The van der Waals surface area contributed by atoms with Crippen molar-refractivity contribution in [2.24, 2.45) is 4.99 Å². The molecule has 1 aliphatic heterocycles. The second-order valence-corrected chi connectivity index (χ2v) is 8.84. The second-order valence-electron chi connectivity index (χ2n) is 7.90. The molecule has 6 nitrogen and oxygen atoms in total. The van der Waals surface area contributed by atoms with E-state index in [1.54, 1.807) is 18.4 Å². The first-order chi connectivity index (χ1) is 14.6. The first-order valence-electron chi connectivity index (χ1n) is 11.0. The van der Waals surface area contributed by atoms with Crippen LogP contribution in [0.25, 0.3) is 0 Å². The maximum absolute atomic E-state index is 5.66. The maximum atomic E-state index is 5.66. The van der Waals surface area contributed by atoms with Crippen LogP contribution in [-0.4, -0.2) is 49.1 Å². The number of ether oxygens (including phenoxy) is 1. The van der Waals surface area contributed by atoms with Crippen molar-refractivity contribution in [1.29, 1.82) is 0 Å². The molecule has 1 atom stereocenters. The van der Waals surface area contributed by atoms with Crippen LogP contribution in [0.4, 0.5) is 0 Å². The molecule has 7 heteroatoms. The molecule has 0 bridgehead atoms. The third kappa shape index (κ3) is 5.95. The lowest BCUT2D eigenvalue weighted by Crippen LogP contribution is -2.42. The first-order valence-corrected chi connectivity index (χ1v) is 11.8. The van der Waals surface area contributed by atoms with E-state index in [4.69, 9.17) is 14.7 Å². The zero-order chi connectivity index (χ0) is 21.3. The monoisotopic (exact) mass is 429 g/mol. The van der Waals surface area contributed by atoms with Gasteiger partial charge < -0.3 is 15.4 Å². The Hall–Kier alpha value is -2.12. The number of thiazole rings is 1. The van der Waals surface area contributed by atoms with Gasteiger partial charge in [0.2, 0.25) is 0 Å². The topological polar surface area (TPSA) is 61.8 Å². The zero-order valence-electron chi connectivity index (χ0n) is 18.6. The lowest BCUT2D eigenvalue weighted by molar-refractivity contribution is 0.239. The Kier molecular flexibility index (Phi) is 8.51. The second kappa shape index (κ2) is 11.3. The molecule has 30 heavy (non-hydrogen) atoms. The third-order valence-corrected chi connectivity index (χ3v) is 6.27. The molecule has 0 radical (unpaired) electrons. The molecule has 1 fully saturated rings. The molecule has 2 heterocycles.